The minimum absolute atomic E-state index is 0.0648. The van der Waals surface area contributed by atoms with Gasteiger partial charge in [-0.1, -0.05) is 240 Å². The maximum atomic E-state index is 12.7. The number of rotatable bonds is 45. The van der Waals surface area contributed by atoms with E-state index < -0.39 is 6.10 Å². The molecule has 0 bridgehead atoms. The molecule has 0 aromatic heterocycles. The molecule has 0 heterocycles. The highest BCUT2D eigenvalue weighted by Gasteiger charge is 2.19. The number of hydrogen-bond donors (Lipinski definition) is 0. The normalized spacial score (nSPS) is 12.1. The molecule has 0 fully saturated rings. The minimum atomic E-state index is -0.760. The van der Waals surface area contributed by atoms with E-state index in [2.05, 4.69) is 34.6 Å². The van der Waals surface area contributed by atoms with E-state index in [1.807, 2.05) is 0 Å². The van der Waals surface area contributed by atoms with Crippen LogP contribution in [0.15, 0.2) is 0 Å². The SMILES string of the molecule is CCCCCCCCCCCC(=O)O[C@H](COC(=O)CCCCCCCCCCCCCCCCCCCCC(C)C)COC(=O)CCCCCCCCC(C)C. The Morgan fingerprint density at radius 3 is 0.860 bits per heavy atom. The molecule has 0 aromatic rings. The molecule has 0 aliphatic heterocycles. The van der Waals surface area contributed by atoms with Crippen molar-refractivity contribution in [1.82, 2.24) is 0 Å². The van der Waals surface area contributed by atoms with Gasteiger partial charge in [-0.2, -0.15) is 0 Å². The Bertz CT molecular complexity index is 870. The summed E-state index contributed by atoms with van der Waals surface area (Å²) in [5.41, 5.74) is 0. The van der Waals surface area contributed by atoms with Gasteiger partial charge in [0.2, 0.25) is 0 Å². The molecule has 6 nitrogen and oxygen atoms in total. The Morgan fingerprint density at radius 1 is 0.333 bits per heavy atom. The maximum absolute atomic E-state index is 12.7. The third-order valence-corrected chi connectivity index (χ3v) is 11.5. The highest BCUT2D eigenvalue weighted by Crippen LogP contribution is 2.17. The van der Waals surface area contributed by atoms with Crippen LogP contribution in [0.5, 0.6) is 0 Å². The summed E-state index contributed by atoms with van der Waals surface area (Å²) in [6.07, 6.45) is 44.0. The summed E-state index contributed by atoms with van der Waals surface area (Å²) in [6, 6.07) is 0. The van der Waals surface area contributed by atoms with E-state index in [1.54, 1.807) is 0 Å². The van der Waals surface area contributed by atoms with Crippen molar-refractivity contribution in [1.29, 1.82) is 0 Å². The molecule has 0 rings (SSSR count). The first-order chi connectivity index (χ1) is 27.7. The zero-order chi connectivity index (χ0) is 41.9. The zero-order valence-electron chi connectivity index (χ0n) is 39.0. The van der Waals surface area contributed by atoms with E-state index in [-0.39, 0.29) is 31.1 Å². The molecule has 1 atom stereocenters. The fourth-order valence-corrected chi connectivity index (χ4v) is 7.64. The van der Waals surface area contributed by atoms with Crippen molar-refractivity contribution >= 4 is 17.9 Å². The van der Waals surface area contributed by atoms with Gasteiger partial charge >= 0.3 is 17.9 Å². The summed E-state index contributed by atoms with van der Waals surface area (Å²) >= 11 is 0. The average molecular weight is 807 g/mol. The van der Waals surface area contributed by atoms with E-state index >= 15 is 0 Å². The second kappa shape index (κ2) is 44.0. The molecule has 0 aromatic carbocycles. The van der Waals surface area contributed by atoms with E-state index in [0.29, 0.717) is 19.3 Å². The van der Waals surface area contributed by atoms with Crippen LogP contribution in [0.1, 0.15) is 279 Å². The third-order valence-electron chi connectivity index (χ3n) is 11.5. The number of carbonyl (C=O) groups excluding carboxylic acids is 3. The van der Waals surface area contributed by atoms with Crippen molar-refractivity contribution in [3.05, 3.63) is 0 Å². The Labute approximate surface area is 355 Å². The second-order valence-electron chi connectivity index (χ2n) is 18.4. The van der Waals surface area contributed by atoms with E-state index in [4.69, 9.17) is 14.2 Å². The van der Waals surface area contributed by atoms with Gasteiger partial charge in [-0.05, 0) is 31.1 Å². The molecule has 0 aliphatic rings. The lowest BCUT2D eigenvalue weighted by atomic mass is 10.0. The number of unbranched alkanes of at least 4 members (excludes halogenated alkanes) is 30. The lowest BCUT2D eigenvalue weighted by Crippen LogP contribution is -2.30. The number of carbonyl (C=O) groups is 3. The second-order valence-corrected chi connectivity index (χ2v) is 18.4. The lowest BCUT2D eigenvalue weighted by molar-refractivity contribution is -0.167. The fourth-order valence-electron chi connectivity index (χ4n) is 7.64. The smallest absolute Gasteiger partial charge is 0.306 e. The van der Waals surface area contributed by atoms with E-state index in [9.17, 15) is 14.4 Å². The summed E-state index contributed by atoms with van der Waals surface area (Å²) < 4.78 is 16.7. The Kier molecular flexibility index (Phi) is 42.7. The number of hydrogen-bond acceptors (Lipinski definition) is 6. The molecular formula is C51H98O6. The molecule has 0 N–H and O–H groups in total. The first-order valence-electron chi connectivity index (χ1n) is 25.2. The topological polar surface area (TPSA) is 78.9 Å². The first kappa shape index (κ1) is 55.4. The van der Waals surface area contributed by atoms with Gasteiger partial charge in [-0.15, -0.1) is 0 Å². The predicted molar refractivity (Wildman–Crippen MR) is 243 cm³/mol. The van der Waals surface area contributed by atoms with Crippen molar-refractivity contribution in [3.63, 3.8) is 0 Å². The van der Waals surface area contributed by atoms with Crippen LogP contribution in [0, 0.1) is 11.8 Å². The van der Waals surface area contributed by atoms with Gasteiger partial charge in [0.1, 0.15) is 13.2 Å². The van der Waals surface area contributed by atoms with Gasteiger partial charge < -0.3 is 14.2 Å². The molecule has 57 heavy (non-hydrogen) atoms. The average Bonchev–Trinajstić information content (AvgIpc) is 3.18. The van der Waals surface area contributed by atoms with Gasteiger partial charge in [0.25, 0.3) is 0 Å². The monoisotopic (exact) mass is 807 g/mol. The Hall–Kier alpha value is -1.59. The van der Waals surface area contributed by atoms with Crippen LogP contribution in [-0.4, -0.2) is 37.2 Å². The largest absolute Gasteiger partial charge is 0.462 e. The highest BCUT2D eigenvalue weighted by atomic mass is 16.6. The van der Waals surface area contributed by atoms with Crippen molar-refractivity contribution in [3.8, 4) is 0 Å². The van der Waals surface area contributed by atoms with Crippen LogP contribution in [-0.2, 0) is 28.6 Å². The molecule has 0 saturated carbocycles. The molecule has 0 spiro atoms. The standard InChI is InChI=1S/C51H98O6/c1-6-7-8-9-10-21-26-33-38-43-51(54)57-48(45-56-50(53)42-37-32-28-27-30-35-40-47(4)5)44-55-49(52)41-36-31-25-23-20-18-16-14-12-11-13-15-17-19-22-24-29-34-39-46(2)3/h46-48H,6-45H2,1-5H3/t48-/m1/s1. The summed E-state index contributed by atoms with van der Waals surface area (Å²) in [6.45, 7) is 11.3. The fraction of sp³-hybridized carbons (Fsp3) is 0.941. The predicted octanol–water partition coefficient (Wildman–Crippen LogP) is 16.1. The first-order valence-corrected chi connectivity index (χ1v) is 25.2. The van der Waals surface area contributed by atoms with Crippen LogP contribution in [0.3, 0.4) is 0 Å². The van der Waals surface area contributed by atoms with Crippen molar-refractivity contribution < 1.29 is 28.6 Å². The third kappa shape index (κ3) is 45.3. The molecule has 0 amide bonds. The quantitative estimate of drug-likeness (QED) is 0.0346. The van der Waals surface area contributed by atoms with Gasteiger partial charge in [0.05, 0.1) is 0 Å². The lowest BCUT2D eigenvalue weighted by Gasteiger charge is -2.18. The molecular weight excluding hydrogens is 709 g/mol. The van der Waals surface area contributed by atoms with E-state index in [1.165, 1.54) is 167 Å². The van der Waals surface area contributed by atoms with Crippen LogP contribution in [0.2, 0.25) is 0 Å². The zero-order valence-corrected chi connectivity index (χ0v) is 39.0. The molecule has 6 heteroatoms. The van der Waals surface area contributed by atoms with E-state index in [0.717, 1.165) is 69.6 Å². The summed E-state index contributed by atoms with van der Waals surface area (Å²) in [4.78, 5) is 37.7. The molecule has 0 saturated heterocycles. The number of ether oxygens (including phenoxy) is 3. The van der Waals surface area contributed by atoms with Crippen LogP contribution < -0.4 is 0 Å². The Morgan fingerprint density at radius 2 is 0.579 bits per heavy atom. The van der Waals surface area contributed by atoms with Crippen molar-refractivity contribution in [2.75, 3.05) is 13.2 Å². The summed E-state index contributed by atoms with van der Waals surface area (Å²) in [7, 11) is 0. The molecule has 0 aliphatic carbocycles. The summed E-state index contributed by atoms with van der Waals surface area (Å²) in [5, 5.41) is 0. The molecule has 0 radical (unpaired) electrons. The summed E-state index contributed by atoms with van der Waals surface area (Å²) in [5.74, 6) is 0.764. The van der Waals surface area contributed by atoms with Gasteiger partial charge in [0, 0.05) is 19.3 Å². The van der Waals surface area contributed by atoms with Crippen molar-refractivity contribution in [2.45, 2.75) is 285 Å². The van der Waals surface area contributed by atoms with Crippen LogP contribution in [0.4, 0.5) is 0 Å². The van der Waals surface area contributed by atoms with Crippen molar-refractivity contribution in [2.24, 2.45) is 11.8 Å². The highest BCUT2D eigenvalue weighted by molar-refractivity contribution is 5.71. The van der Waals surface area contributed by atoms with Gasteiger partial charge in [-0.25, -0.2) is 0 Å². The molecule has 0 unspecified atom stereocenters. The van der Waals surface area contributed by atoms with Crippen LogP contribution in [0.25, 0.3) is 0 Å². The number of esters is 3. The van der Waals surface area contributed by atoms with Gasteiger partial charge in [0.15, 0.2) is 6.10 Å². The minimum Gasteiger partial charge on any atom is -0.462 e. The Balaban J connectivity index is 4.13. The maximum Gasteiger partial charge on any atom is 0.306 e. The van der Waals surface area contributed by atoms with Gasteiger partial charge in [-0.3, -0.25) is 14.4 Å². The molecule has 338 valence electrons. The van der Waals surface area contributed by atoms with Crippen LogP contribution >= 0.6 is 0 Å².